The highest BCUT2D eigenvalue weighted by Crippen LogP contribution is 2.51. The summed E-state index contributed by atoms with van der Waals surface area (Å²) in [4.78, 5) is 30.9. The molecule has 5 nitrogen and oxygen atoms in total. The van der Waals surface area contributed by atoms with Crippen LogP contribution in [0.5, 0.6) is 0 Å². The van der Waals surface area contributed by atoms with Crippen LogP contribution in [0.1, 0.15) is 34.6 Å². The fourth-order valence-electron chi connectivity index (χ4n) is 2.85. The minimum absolute atomic E-state index is 0.0934. The van der Waals surface area contributed by atoms with Gasteiger partial charge in [-0.2, -0.15) is 8.78 Å². The Labute approximate surface area is 158 Å². The highest BCUT2D eigenvalue weighted by atomic mass is 35.5. The third-order valence-electron chi connectivity index (χ3n) is 4.50. The summed E-state index contributed by atoms with van der Waals surface area (Å²) in [6, 6.07) is 4.57. The van der Waals surface area contributed by atoms with Crippen LogP contribution >= 0.6 is 11.6 Å². The molecule has 3 rings (SSSR count). The van der Waals surface area contributed by atoms with E-state index in [0.29, 0.717) is 22.8 Å². The van der Waals surface area contributed by atoms with Crippen molar-refractivity contribution in [2.45, 2.75) is 31.1 Å². The predicted molar refractivity (Wildman–Crippen MR) is 91.4 cm³/mol. The van der Waals surface area contributed by atoms with Gasteiger partial charge in [0.1, 0.15) is 11.6 Å². The topological polar surface area (TPSA) is 72.0 Å². The zero-order chi connectivity index (χ0) is 19.6. The Kier molecular flexibility index (Phi) is 5.46. The van der Waals surface area contributed by atoms with E-state index in [2.05, 4.69) is 9.97 Å². The maximum absolute atomic E-state index is 14.2. The predicted octanol–water partition coefficient (Wildman–Crippen LogP) is 3.11. The molecule has 142 valence electrons. The van der Waals surface area contributed by atoms with Crippen LogP contribution in [0.3, 0.4) is 0 Å². The van der Waals surface area contributed by atoms with E-state index in [0.717, 1.165) is 12.8 Å². The molecule has 0 bridgehead atoms. The van der Waals surface area contributed by atoms with Crippen molar-refractivity contribution < 1.29 is 22.8 Å². The van der Waals surface area contributed by atoms with Crippen LogP contribution in [0, 0.1) is 5.82 Å². The van der Waals surface area contributed by atoms with E-state index in [4.69, 9.17) is 11.6 Å². The normalized spacial score (nSPS) is 14.9. The molecule has 2 aromatic rings. The number of alkyl halides is 2. The van der Waals surface area contributed by atoms with Gasteiger partial charge in [0.25, 0.3) is 5.91 Å². The number of amides is 1. The van der Waals surface area contributed by atoms with E-state index in [1.165, 1.54) is 18.5 Å². The number of carbonyl (C=O) groups excluding carboxylic acids is 2. The molecule has 0 saturated heterocycles. The number of hydrogen-bond donors (Lipinski definition) is 1. The number of carbonyl (C=O) groups is 2. The van der Waals surface area contributed by atoms with Gasteiger partial charge in [0.2, 0.25) is 0 Å². The quantitative estimate of drug-likeness (QED) is 0.729. The molecule has 27 heavy (non-hydrogen) atoms. The summed E-state index contributed by atoms with van der Waals surface area (Å²) in [5, 5.41) is 2.15. The molecule has 1 saturated carbocycles. The first-order valence-corrected chi connectivity index (χ1v) is 8.54. The Morgan fingerprint density at radius 3 is 2.44 bits per heavy atom. The fourth-order valence-corrected chi connectivity index (χ4v) is 3.01. The van der Waals surface area contributed by atoms with Crippen molar-refractivity contribution in [1.82, 2.24) is 15.3 Å². The number of ketones is 1. The smallest absolute Gasteiger partial charge is 0.315 e. The lowest BCUT2D eigenvalue weighted by atomic mass is 9.91. The second-order valence-corrected chi connectivity index (χ2v) is 6.85. The van der Waals surface area contributed by atoms with Crippen LogP contribution in [0.4, 0.5) is 13.2 Å². The van der Waals surface area contributed by atoms with Crippen LogP contribution in [-0.2, 0) is 16.6 Å². The zero-order valence-electron chi connectivity index (χ0n) is 14.0. The standard InChI is InChI=1S/C18H15ClF3N3O2/c19-11-1-2-12(13(20)5-11)18(3-4-18)6-15-23-7-10(8-24-15)14(26)9-25-17(27)16(21)22/h1-2,5,7-8,16H,3-4,6,9H2,(H,25,27). The molecule has 1 amide bonds. The molecular formula is C18H15ClF3N3O2. The van der Waals surface area contributed by atoms with E-state index < -0.39 is 24.7 Å². The molecule has 1 aliphatic carbocycles. The van der Waals surface area contributed by atoms with Gasteiger partial charge in [-0.1, -0.05) is 17.7 Å². The number of nitrogens with one attached hydrogen (secondary N) is 1. The van der Waals surface area contributed by atoms with E-state index in [9.17, 15) is 22.8 Å². The summed E-state index contributed by atoms with van der Waals surface area (Å²) < 4.78 is 38.4. The van der Waals surface area contributed by atoms with Gasteiger partial charge in [-0.15, -0.1) is 0 Å². The van der Waals surface area contributed by atoms with Gasteiger partial charge in [0, 0.05) is 29.3 Å². The minimum atomic E-state index is -3.18. The van der Waals surface area contributed by atoms with Gasteiger partial charge in [0.05, 0.1) is 12.1 Å². The maximum Gasteiger partial charge on any atom is 0.315 e. The summed E-state index contributed by atoms with van der Waals surface area (Å²) in [7, 11) is 0. The van der Waals surface area contributed by atoms with Crippen LogP contribution in [-0.4, -0.2) is 34.6 Å². The van der Waals surface area contributed by atoms with Gasteiger partial charge in [0.15, 0.2) is 5.78 Å². The lowest BCUT2D eigenvalue weighted by Crippen LogP contribution is -2.34. The lowest BCUT2D eigenvalue weighted by Gasteiger charge is -2.16. The van der Waals surface area contributed by atoms with Crippen molar-refractivity contribution in [3.05, 3.63) is 58.4 Å². The summed E-state index contributed by atoms with van der Waals surface area (Å²) in [5.41, 5.74) is 0.270. The molecule has 1 aromatic heterocycles. The van der Waals surface area contributed by atoms with Crippen molar-refractivity contribution >= 4 is 23.3 Å². The third kappa shape index (κ3) is 4.44. The molecule has 1 fully saturated rings. The molecule has 9 heteroatoms. The van der Waals surface area contributed by atoms with Crippen molar-refractivity contribution in [1.29, 1.82) is 0 Å². The molecular weight excluding hydrogens is 383 g/mol. The average molecular weight is 398 g/mol. The van der Waals surface area contributed by atoms with E-state index in [-0.39, 0.29) is 16.8 Å². The molecule has 0 atom stereocenters. The lowest BCUT2D eigenvalue weighted by molar-refractivity contribution is -0.131. The van der Waals surface area contributed by atoms with Crippen LogP contribution in [0.2, 0.25) is 5.02 Å². The second kappa shape index (κ2) is 7.64. The maximum atomic E-state index is 14.2. The number of benzene rings is 1. The van der Waals surface area contributed by atoms with Gasteiger partial charge >= 0.3 is 6.43 Å². The van der Waals surface area contributed by atoms with Crippen LogP contribution < -0.4 is 5.32 Å². The summed E-state index contributed by atoms with van der Waals surface area (Å²) in [6.07, 6.45) is 1.34. The fraction of sp³-hybridized carbons (Fsp3) is 0.333. The number of Topliss-reactive ketones (excluding diaryl/α,β-unsaturated/α-hetero) is 1. The highest BCUT2D eigenvalue weighted by Gasteiger charge is 2.46. The Bertz CT molecular complexity index is 871. The Balaban J connectivity index is 1.66. The Hall–Kier alpha value is -2.48. The monoisotopic (exact) mass is 397 g/mol. The molecule has 0 radical (unpaired) electrons. The summed E-state index contributed by atoms with van der Waals surface area (Å²) in [6.45, 7) is -0.564. The highest BCUT2D eigenvalue weighted by molar-refractivity contribution is 6.30. The third-order valence-corrected chi connectivity index (χ3v) is 4.74. The Morgan fingerprint density at radius 1 is 1.22 bits per heavy atom. The average Bonchev–Trinajstić information content (AvgIpc) is 3.40. The zero-order valence-corrected chi connectivity index (χ0v) is 14.8. The second-order valence-electron chi connectivity index (χ2n) is 6.41. The number of nitrogens with zero attached hydrogens (tertiary/aromatic N) is 2. The minimum Gasteiger partial charge on any atom is -0.344 e. The molecule has 0 aliphatic heterocycles. The summed E-state index contributed by atoms with van der Waals surface area (Å²) >= 11 is 5.79. The van der Waals surface area contributed by atoms with Crippen molar-refractivity contribution in [3.63, 3.8) is 0 Å². The Morgan fingerprint density at radius 2 is 1.89 bits per heavy atom. The van der Waals surface area contributed by atoms with Crippen molar-refractivity contribution in [2.75, 3.05) is 6.54 Å². The van der Waals surface area contributed by atoms with E-state index >= 15 is 0 Å². The van der Waals surface area contributed by atoms with Gasteiger partial charge in [-0.25, -0.2) is 14.4 Å². The van der Waals surface area contributed by atoms with E-state index in [1.54, 1.807) is 12.1 Å². The SMILES string of the molecule is O=C(CNC(=O)C(F)F)c1cnc(CC2(c3ccc(Cl)cc3F)CC2)nc1. The van der Waals surface area contributed by atoms with Crippen LogP contribution in [0.15, 0.2) is 30.6 Å². The summed E-state index contributed by atoms with van der Waals surface area (Å²) in [5.74, 6) is -2.03. The molecule has 1 aromatic carbocycles. The first-order valence-electron chi connectivity index (χ1n) is 8.16. The number of aromatic nitrogens is 2. The molecule has 1 N–H and O–H groups in total. The number of rotatable bonds is 7. The van der Waals surface area contributed by atoms with Crippen LogP contribution in [0.25, 0.3) is 0 Å². The molecule has 1 heterocycles. The van der Waals surface area contributed by atoms with Crippen molar-refractivity contribution in [3.8, 4) is 0 Å². The van der Waals surface area contributed by atoms with E-state index in [1.807, 2.05) is 5.32 Å². The van der Waals surface area contributed by atoms with Gasteiger partial charge in [-0.3, -0.25) is 9.59 Å². The molecule has 0 spiro atoms. The largest absolute Gasteiger partial charge is 0.344 e. The van der Waals surface area contributed by atoms with Crippen molar-refractivity contribution in [2.24, 2.45) is 0 Å². The first kappa shape index (κ1) is 19.3. The number of halogens is 4. The number of hydrogen-bond acceptors (Lipinski definition) is 4. The molecule has 0 unspecified atom stereocenters. The molecule has 1 aliphatic rings. The van der Waals surface area contributed by atoms with Gasteiger partial charge < -0.3 is 5.32 Å². The first-order chi connectivity index (χ1) is 12.8. The van der Waals surface area contributed by atoms with Gasteiger partial charge in [-0.05, 0) is 30.5 Å².